The Morgan fingerprint density at radius 3 is 2.32 bits per heavy atom. The Kier molecular flexibility index (Phi) is 5.71. The topological polar surface area (TPSA) is 70.6 Å². The highest BCUT2D eigenvalue weighted by atomic mass is 32.1. The van der Waals surface area contributed by atoms with Crippen molar-refractivity contribution >= 4 is 50.1 Å². The van der Waals surface area contributed by atoms with Gasteiger partial charge < -0.3 is 0 Å². The molecule has 0 aliphatic carbocycles. The van der Waals surface area contributed by atoms with Crippen LogP contribution in [-0.2, 0) is 16.1 Å². The maximum atomic E-state index is 13.7. The SMILES string of the molecule is Cc1cc(C)c2nc(N(Cc3ccccc3)C(=O)c3ccc(N4C(=O)CCC4=O)cc3)sc2c1. The second-order valence-corrected chi connectivity index (χ2v) is 9.48. The molecule has 0 N–H and O–H groups in total. The third-order valence-electron chi connectivity index (χ3n) is 5.90. The van der Waals surface area contributed by atoms with E-state index in [4.69, 9.17) is 4.98 Å². The molecule has 170 valence electrons. The van der Waals surface area contributed by atoms with Crippen LogP contribution in [0.1, 0.15) is 39.9 Å². The number of aromatic nitrogens is 1. The van der Waals surface area contributed by atoms with E-state index < -0.39 is 0 Å². The molecule has 0 atom stereocenters. The Labute approximate surface area is 201 Å². The molecule has 1 aliphatic rings. The number of hydrogen-bond acceptors (Lipinski definition) is 5. The van der Waals surface area contributed by atoms with Crippen LogP contribution in [0.15, 0.2) is 66.7 Å². The molecule has 34 heavy (non-hydrogen) atoms. The van der Waals surface area contributed by atoms with Gasteiger partial charge in [-0.25, -0.2) is 4.98 Å². The number of rotatable bonds is 5. The molecule has 1 fully saturated rings. The van der Waals surface area contributed by atoms with E-state index in [0.717, 1.165) is 26.9 Å². The van der Waals surface area contributed by atoms with Gasteiger partial charge in [0.15, 0.2) is 5.13 Å². The Morgan fingerprint density at radius 2 is 1.65 bits per heavy atom. The van der Waals surface area contributed by atoms with Gasteiger partial charge in [0.2, 0.25) is 11.8 Å². The highest BCUT2D eigenvalue weighted by Crippen LogP contribution is 2.33. The van der Waals surface area contributed by atoms with Crippen LogP contribution in [0.25, 0.3) is 10.2 Å². The Hall–Kier alpha value is -3.84. The van der Waals surface area contributed by atoms with Crippen molar-refractivity contribution in [3.05, 3.63) is 89.0 Å². The lowest BCUT2D eigenvalue weighted by molar-refractivity contribution is -0.121. The first-order chi connectivity index (χ1) is 16.4. The zero-order valence-corrected chi connectivity index (χ0v) is 19.8. The number of thiazole rings is 1. The molecule has 1 saturated heterocycles. The van der Waals surface area contributed by atoms with Crippen molar-refractivity contribution in [1.29, 1.82) is 0 Å². The second-order valence-electron chi connectivity index (χ2n) is 8.47. The van der Waals surface area contributed by atoms with Crippen molar-refractivity contribution in [1.82, 2.24) is 4.98 Å². The van der Waals surface area contributed by atoms with Gasteiger partial charge in [-0.3, -0.25) is 24.2 Å². The molecule has 0 radical (unpaired) electrons. The molecular weight excluding hydrogens is 446 g/mol. The molecule has 1 aromatic heterocycles. The second kappa shape index (κ2) is 8.83. The summed E-state index contributed by atoms with van der Waals surface area (Å²) in [6, 6.07) is 20.6. The van der Waals surface area contributed by atoms with Gasteiger partial charge in [-0.1, -0.05) is 47.7 Å². The molecule has 0 saturated carbocycles. The molecule has 1 aliphatic heterocycles. The number of amides is 3. The molecule has 7 heteroatoms. The monoisotopic (exact) mass is 469 g/mol. The van der Waals surface area contributed by atoms with Crippen LogP contribution in [0.4, 0.5) is 10.8 Å². The number of carbonyl (C=O) groups is 3. The third-order valence-corrected chi connectivity index (χ3v) is 6.93. The molecule has 0 spiro atoms. The smallest absolute Gasteiger partial charge is 0.260 e. The van der Waals surface area contributed by atoms with E-state index in [2.05, 4.69) is 19.1 Å². The van der Waals surface area contributed by atoms with Gasteiger partial charge in [-0.15, -0.1) is 0 Å². The van der Waals surface area contributed by atoms with Crippen molar-refractivity contribution < 1.29 is 14.4 Å². The van der Waals surface area contributed by atoms with Gasteiger partial charge in [0.1, 0.15) is 0 Å². The number of carbonyl (C=O) groups excluding carboxylic acids is 3. The zero-order valence-electron chi connectivity index (χ0n) is 18.9. The lowest BCUT2D eigenvalue weighted by atomic mass is 10.1. The van der Waals surface area contributed by atoms with Crippen LogP contribution < -0.4 is 9.80 Å². The molecule has 3 amide bonds. The van der Waals surface area contributed by atoms with Crippen molar-refractivity contribution in [2.24, 2.45) is 0 Å². The predicted molar refractivity (Wildman–Crippen MR) is 134 cm³/mol. The van der Waals surface area contributed by atoms with Gasteiger partial charge >= 0.3 is 0 Å². The van der Waals surface area contributed by atoms with Crippen LogP contribution in [-0.4, -0.2) is 22.7 Å². The minimum absolute atomic E-state index is 0.192. The van der Waals surface area contributed by atoms with Crippen LogP contribution in [0.3, 0.4) is 0 Å². The number of nitrogens with zero attached hydrogens (tertiary/aromatic N) is 3. The lowest BCUT2D eigenvalue weighted by Crippen LogP contribution is -2.31. The zero-order chi connectivity index (χ0) is 23.8. The van der Waals surface area contributed by atoms with Gasteiger partial charge in [0.05, 0.1) is 22.4 Å². The summed E-state index contributed by atoms with van der Waals surface area (Å²) < 4.78 is 1.04. The Morgan fingerprint density at radius 1 is 0.971 bits per heavy atom. The molecule has 0 bridgehead atoms. The minimum atomic E-state index is -0.213. The van der Waals surface area contributed by atoms with Crippen LogP contribution >= 0.6 is 11.3 Å². The summed E-state index contributed by atoms with van der Waals surface area (Å²) in [6.45, 7) is 4.46. The number of imide groups is 1. The molecule has 5 rings (SSSR count). The van der Waals surface area contributed by atoms with E-state index in [9.17, 15) is 14.4 Å². The van der Waals surface area contributed by atoms with Crippen LogP contribution in [0.5, 0.6) is 0 Å². The number of hydrogen-bond donors (Lipinski definition) is 0. The van der Waals surface area contributed by atoms with Crippen molar-refractivity contribution in [2.45, 2.75) is 33.2 Å². The molecule has 4 aromatic rings. The van der Waals surface area contributed by atoms with Crippen LogP contribution in [0, 0.1) is 13.8 Å². The predicted octanol–water partition coefficient (Wildman–Crippen LogP) is 5.41. The fourth-order valence-electron chi connectivity index (χ4n) is 4.24. The van der Waals surface area contributed by atoms with Crippen LogP contribution in [0.2, 0.25) is 0 Å². The summed E-state index contributed by atoms with van der Waals surface area (Å²) in [5, 5.41) is 0.631. The fourth-order valence-corrected chi connectivity index (χ4v) is 5.38. The van der Waals surface area contributed by atoms with Crippen molar-refractivity contribution in [3.63, 3.8) is 0 Å². The number of aryl methyl sites for hydroxylation is 2. The van der Waals surface area contributed by atoms with E-state index in [1.54, 1.807) is 29.2 Å². The number of fused-ring (bicyclic) bond motifs is 1. The van der Waals surface area contributed by atoms with E-state index in [-0.39, 0.29) is 30.6 Å². The summed E-state index contributed by atoms with van der Waals surface area (Å²) in [4.78, 5) is 45.5. The Balaban J connectivity index is 1.51. The third kappa shape index (κ3) is 4.10. The summed E-state index contributed by atoms with van der Waals surface area (Å²) in [5.74, 6) is -0.618. The number of anilines is 2. The van der Waals surface area contributed by atoms with Crippen molar-refractivity contribution in [2.75, 3.05) is 9.80 Å². The van der Waals surface area contributed by atoms with E-state index in [1.165, 1.54) is 16.2 Å². The molecule has 3 aromatic carbocycles. The Bertz CT molecular complexity index is 1390. The first-order valence-electron chi connectivity index (χ1n) is 11.1. The summed E-state index contributed by atoms with van der Waals surface area (Å²) in [7, 11) is 0. The summed E-state index contributed by atoms with van der Waals surface area (Å²) >= 11 is 1.50. The minimum Gasteiger partial charge on any atom is -0.279 e. The van der Waals surface area contributed by atoms with E-state index in [1.807, 2.05) is 37.3 Å². The van der Waals surface area contributed by atoms with E-state index in [0.29, 0.717) is 22.9 Å². The normalized spacial score (nSPS) is 13.6. The van der Waals surface area contributed by atoms with Gasteiger partial charge in [-0.2, -0.15) is 0 Å². The standard InChI is InChI=1S/C27H23N3O3S/c1-17-14-18(2)25-22(15-17)34-27(28-25)29(16-19-6-4-3-5-7-19)26(33)20-8-10-21(11-9-20)30-23(31)12-13-24(30)32/h3-11,14-15H,12-13,16H2,1-2H3. The average Bonchev–Trinajstić information content (AvgIpc) is 3.40. The van der Waals surface area contributed by atoms with Gasteiger partial charge in [0.25, 0.3) is 5.91 Å². The van der Waals surface area contributed by atoms with Gasteiger partial charge in [0, 0.05) is 18.4 Å². The maximum Gasteiger partial charge on any atom is 0.260 e. The molecule has 0 unspecified atom stereocenters. The first-order valence-corrected chi connectivity index (χ1v) is 11.9. The molecule has 2 heterocycles. The van der Waals surface area contributed by atoms with Gasteiger partial charge in [-0.05, 0) is 60.9 Å². The summed E-state index contributed by atoms with van der Waals surface area (Å²) in [5.41, 5.74) is 5.08. The quantitative estimate of drug-likeness (QED) is 0.366. The molecular formula is C27H23N3O3S. The highest BCUT2D eigenvalue weighted by molar-refractivity contribution is 7.22. The fraction of sp³-hybridized carbons (Fsp3) is 0.185. The maximum absolute atomic E-state index is 13.7. The lowest BCUT2D eigenvalue weighted by Gasteiger charge is -2.21. The first kappa shape index (κ1) is 22.0. The van der Waals surface area contributed by atoms with E-state index >= 15 is 0 Å². The largest absolute Gasteiger partial charge is 0.279 e. The summed E-state index contributed by atoms with van der Waals surface area (Å²) in [6.07, 6.45) is 0.446. The number of benzene rings is 3. The average molecular weight is 470 g/mol. The van der Waals surface area contributed by atoms with Crippen molar-refractivity contribution in [3.8, 4) is 0 Å². The molecule has 6 nitrogen and oxygen atoms in total. The highest BCUT2D eigenvalue weighted by Gasteiger charge is 2.30.